The molecule has 5 nitrogen and oxygen atoms in total. The normalized spacial score (nSPS) is 10.6. The Morgan fingerprint density at radius 2 is 1.91 bits per heavy atom. The molecule has 1 aromatic carbocycles. The Morgan fingerprint density at radius 1 is 1.22 bits per heavy atom. The number of nitrogens with zero attached hydrogens (tertiary/aromatic N) is 1. The van der Waals surface area contributed by atoms with Gasteiger partial charge in [-0.2, -0.15) is 0 Å². The number of carbonyl (C=O) groups excluding carboxylic acids is 2. The molecule has 1 aromatic heterocycles. The Kier molecular flexibility index (Phi) is 5.87. The van der Waals surface area contributed by atoms with Gasteiger partial charge in [0.05, 0.1) is 12.1 Å². The minimum Gasteiger partial charge on any atom is -0.351 e. The second-order valence-electron chi connectivity index (χ2n) is 5.72. The lowest BCUT2D eigenvalue weighted by molar-refractivity contribution is -0.115. The van der Waals surface area contributed by atoms with Crippen molar-refractivity contribution < 1.29 is 9.59 Å². The van der Waals surface area contributed by atoms with E-state index in [1.54, 1.807) is 6.92 Å². The summed E-state index contributed by atoms with van der Waals surface area (Å²) in [7, 11) is 0. The first-order valence-electron chi connectivity index (χ1n) is 7.55. The maximum absolute atomic E-state index is 12.1. The number of aromatic nitrogens is 1. The van der Waals surface area contributed by atoms with E-state index in [1.165, 1.54) is 11.3 Å². The summed E-state index contributed by atoms with van der Waals surface area (Å²) in [5, 5.41) is 6.34. The number of benzene rings is 1. The van der Waals surface area contributed by atoms with Crippen LogP contribution in [0.25, 0.3) is 0 Å². The van der Waals surface area contributed by atoms with Gasteiger partial charge >= 0.3 is 0 Å². The third-order valence-electron chi connectivity index (χ3n) is 3.09. The van der Waals surface area contributed by atoms with Gasteiger partial charge in [-0.15, -0.1) is 11.3 Å². The predicted molar refractivity (Wildman–Crippen MR) is 92.8 cm³/mol. The fourth-order valence-electron chi connectivity index (χ4n) is 1.98. The van der Waals surface area contributed by atoms with Gasteiger partial charge in [0, 0.05) is 12.2 Å². The number of hydrogen-bond acceptors (Lipinski definition) is 4. The fourth-order valence-corrected chi connectivity index (χ4v) is 2.96. The highest BCUT2D eigenvalue weighted by Gasteiger charge is 2.17. The summed E-state index contributed by atoms with van der Waals surface area (Å²) in [5.74, 6) is 0.130. The van der Waals surface area contributed by atoms with Gasteiger partial charge in [0.1, 0.15) is 9.88 Å². The summed E-state index contributed by atoms with van der Waals surface area (Å²) in [6.45, 7) is 6.50. The van der Waals surface area contributed by atoms with Crippen LogP contribution in [0.15, 0.2) is 30.3 Å². The molecule has 0 aliphatic rings. The zero-order chi connectivity index (χ0) is 16.8. The van der Waals surface area contributed by atoms with Gasteiger partial charge < -0.3 is 10.6 Å². The van der Waals surface area contributed by atoms with E-state index >= 15 is 0 Å². The van der Waals surface area contributed by atoms with Crippen LogP contribution < -0.4 is 10.6 Å². The molecule has 0 saturated heterocycles. The van der Waals surface area contributed by atoms with Crippen molar-refractivity contribution in [3.63, 3.8) is 0 Å². The van der Waals surface area contributed by atoms with Crippen molar-refractivity contribution in [1.29, 1.82) is 0 Å². The van der Waals surface area contributed by atoms with Gasteiger partial charge in [0.2, 0.25) is 5.91 Å². The number of anilines is 1. The molecule has 0 atom stereocenters. The lowest BCUT2D eigenvalue weighted by Crippen LogP contribution is -2.27. The van der Waals surface area contributed by atoms with Gasteiger partial charge in [-0.3, -0.25) is 9.59 Å². The van der Waals surface area contributed by atoms with Crippen LogP contribution in [-0.2, 0) is 11.2 Å². The van der Waals surface area contributed by atoms with Crippen LogP contribution in [0.1, 0.15) is 34.2 Å². The molecule has 0 unspecified atom stereocenters. The van der Waals surface area contributed by atoms with Gasteiger partial charge in [-0.25, -0.2) is 4.98 Å². The monoisotopic (exact) mass is 331 g/mol. The zero-order valence-electron chi connectivity index (χ0n) is 13.6. The molecule has 0 radical (unpaired) electrons. The number of para-hydroxylation sites is 1. The van der Waals surface area contributed by atoms with E-state index in [-0.39, 0.29) is 18.2 Å². The van der Waals surface area contributed by atoms with Gasteiger partial charge in [-0.1, -0.05) is 32.0 Å². The van der Waals surface area contributed by atoms with E-state index in [1.807, 2.05) is 44.2 Å². The standard InChI is InChI=1S/C17H21N3O2S/c1-11(2)10-18-17(22)16-12(3)19-15(23-16)9-14(21)20-13-7-5-4-6-8-13/h4-8,11H,9-10H2,1-3H3,(H,18,22)(H,20,21). The number of hydrogen-bond donors (Lipinski definition) is 2. The lowest BCUT2D eigenvalue weighted by Gasteiger charge is -2.06. The quantitative estimate of drug-likeness (QED) is 0.855. The van der Waals surface area contributed by atoms with Gasteiger partial charge in [0.15, 0.2) is 0 Å². The molecule has 23 heavy (non-hydrogen) atoms. The molecule has 0 bridgehead atoms. The summed E-state index contributed by atoms with van der Waals surface area (Å²) in [4.78, 5) is 29.1. The van der Waals surface area contributed by atoms with E-state index < -0.39 is 0 Å². The van der Waals surface area contributed by atoms with Gasteiger partial charge in [-0.05, 0) is 25.0 Å². The molecule has 0 fully saturated rings. The highest BCUT2D eigenvalue weighted by Crippen LogP contribution is 2.19. The van der Waals surface area contributed by atoms with E-state index in [4.69, 9.17) is 0 Å². The van der Waals surface area contributed by atoms with Crippen molar-refractivity contribution in [3.05, 3.63) is 45.9 Å². The van der Waals surface area contributed by atoms with Crippen molar-refractivity contribution in [2.75, 3.05) is 11.9 Å². The predicted octanol–water partition coefficient (Wildman–Crippen LogP) is 3.02. The molecule has 6 heteroatoms. The van der Waals surface area contributed by atoms with Crippen molar-refractivity contribution >= 4 is 28.8 Å². The number of aryl methyl sites for hydroxylation is 1. The second-order valence-corrected chi connectivity index (χ2v) is 6.80. The maximum Gasteiger partial charge on any atom is 0.263 e. The largest absolute Gasteiger partial charge is 0.351 e. The SMILES string of the molecule is Cc1nc(CC(=O)Nc2ccccc2)sc1C(=O)NCC(C)C. The molecular weight excluding hydrogens is 310 g/mol. The average Bonchev–Trinajstić information content (AvgIpc) is 2.86. The molecule has 0 saturated carbocycles. The Morgan fingerprint density at radius 3 is 2.57 bits per heavy atom. The number of nitrogens with one attached hydrogen (secondary N) is 2. The first-order chi connectivity index (χ1) is 11.0. The Balaban J connectivity index is 1.97. The minimum atomic E-state index is -0.140. The van der Waals surface area contributed by atoms with Crippen LogP contribution >= 0.6 is 11.3 Å². The number of thiazole rings is 1. The maximum atomic E-state index is 12.1. The Labute approximate surface area is 140 Å². The van der Waals surface area contributed by atoms with Crippen LogP contribution in [0.2, 0.25) is 0 Å². The molecule has 1 heterocycles. The van der Waals surface area contributed by atoms with Crippen molar-refractivity contribution in [1.82, 2.24) is 10.3 Å². The van der Waals surface area contributed by atoms with E-state index in [0.29, 0.717) is 28.0 Å². The smallest absolute Gasteiger partial charge is 0.263 e. The summed E-state index contributed by atoms with van der Waals surface area (Å²) >= 11 is 1.27. The van der Waals surface area contributed by atoms with Crippen LogP contribution in [0.4, 0.5) is 5.69 Å². The van der Waals surface area contributed by atoms with Crippen LogP contribution in [-0.4, -0.2) is 23.3 Å². The van der Waals surface area contributed by atoms with Crippen LogP contribution in [0.3, 0.4) is 0 Å². The van der Waals surface area contributed by atoms with Crippen molar-refractivity contribution in [2.24, 2.45) is 5.92 Å². The van der Waals surface area contributed by atoms with E-state index in [9.17, 15) is 9.59 Å². The highest BCUT2D eigenvalue weighted by molar-refractivity contribution is 7.13. The van der Waals surface area contributed by atoms with Gasteiger partial charge in [0.25, 0.3) is 5.91 Å². The Hall–Kier alpha value is -2.21. The Bertz CT molecular complexity index is 680. The minimum absolute atomic E-state index is 0.122. The first kappa shape index (κ1) is 17.1. The van der Waals surface area contributed by atoms with Crippen LogP contribution in [0, 0.1) is 12.8 Å². The van der Waals surface area contributed by atoms with E-state index in [2.05, 4.69) is 15.6 Å². The van der Waals surface area contributed by atoms with Crippen molar-refractivity contribution in [2.45, 2.75) is 27.2 Å². The molecule has 2 amide bonds. The summed E-state index contributed by atoms with van der Waals surface area (Å²) in [6, 6.07) is 9.27. The number of carbonyl (C=O) groups is 2. The molecule has 0 aliphatic carbocycles. The molecule has 2 aromatic rings. The third-order valence-corrected chi connectivity index (χ3v) is 4.24. The summed E-state index contributed by atoms with van der Waals surface area (Å²) in [5.41, 5.74) is 1.42. The molecule has 0 spiro atoms. The fraction of sp³-hybridized carbons (Fsp3) is 0.353. The number of amides is 2. The second kappa shape index (κ2) is 7.87. The molecular formula is C17H21N3O2S. The highest BCUT2D eigenvalue weighted by atomic mass is 32.1. The molecule has 122 valence electrons. The molecule has 0 aliphatic heterocycles. The van der Waals surface area contributed by atoms with E-state index in [0.717, 1.165) is 5.69 Å². The summed E-state index contributed by atoms with van der Waals surface area (Å²) in [6.07, 6.45) is 0.165. The summed E-state index contributed by atoms with van der Waals surface area (Å²) < 4.78 is 0. The molecule has 2 rings (SSSR count). The molecule has 2 N–H and O–H groups in total. The number of rotatable bonds is 6. The zero-order valence-corrected chi connectivity index (χ0v) is 14.4. The first-order valence-corrected chi connectivity index (χ1v) is 8.36. The third kappa shape index (κ3) is 5.17. The van der Waals surface area contributed by atoms with Crippen molar-refractivity contribution in [3.8, 4) is 0 Å². The van der Waals surface area contributed by atoms with Crippen LogP contribution in [0.5, 0.6) is 0 Å². The lowest BCUT2D eigenvalue weighted by atomic mass is 10.2. The topological polar surface area (TPSA) is 71.1 Å². The average molecular weight is 331 g/mol.